The summed E-state index contributed by atoms with van der Waals surface area (Å²) in [7, 11) is 0. The third kappa shape index (κ3) is 4.48. The molecule has 28 heavy (non-hydrogen) atoms. The van der Waals surface area contributed by atoms with Crippen LogP contribution < -0.4 is 15.5 Å². The van der Waals surface area contributed by atoms with Crippen LogP contribution >= 0.6 is 0 Å². The zero-order valence-electron chi connectivity index (χ0n) is 15.7. The second-order valence-electron chi connectivity index (χ2n) is 7.12. The van der Waals surface area contributed by atoms with Gasteiger partial charge < -0.3 is 20.3 Å². The molecule has 2 fully saturated rings. The zero-order valence-corrected chi connectivity index (χ0v) is 15.7. The molecule has 2 aromatic rings. The highest BCUT2D eigenvalue weighted by molar-refractivity contribution is 5.99. The summed E-state index contributed by atoms with van der Waals surface area (Å²) in [5, 5.41) is 5.90. The molecule has 146 valence electrons. The highest BCUT2D eigenvalue weighted by Crippen LogP contribution is 2.30. The van der Waals surface area contributed by atoms with Crippen molar-refractivity contribution in [3.8, 4) is 0 Å². The Bertz CT molecular complexity index is 860. The average molecular weight is 380 g/mol. The summed E-state index contributed by atoms with van der Waals surface area (Å²) in [4.78, 5) is 31.2. The Hall–Kier alpha value is -2.93. The summed E-state index contributed by atoms with van der Waals surface area (Å²) < 4.78 is 5.38. The maximum atomic E-state index is 12.8. The highest BCUT2D eigenvalue weighted by Gasteiger charge is 2.29. The molecule has 7 nitrogen and oxygen atoms in total. The number of pyridine rings is 1. The van der Waals surface area contributed by atoms with E-state index in [0.29, 0.717) is 31.1 Å². The van der Waals surface area contributed by atoms with Gasteiger partial charge in [0, 0.05) is 37.4 Å². The Morgan fingerprint density at radius 1 is 1.14 bits per heavy atom. The van der Waals surface area contributed by atoms with Crippen molar-refractivity contribution in [1.29, 1.82) is 0 Å². The van der Waals surface area contributed by atoms with E-state index in [1.165, 1.54) is 0 Å². The second-order valence-corrected chi connectivity index (χ2v) is 7.12. The molecule has 2 amide bonds. The fraction of sp³-hybridized carbons (Fsp3) is 0.381. The Labute approximate surface area is 164 Å². The normalized spacial score (nSPS) is 16.5. The topological polar surface area (TPSA) is 83.6 Å². The molecular weight excluding hydrogens is 356 g/mol. The van der Waals surface area contributed by atoms with E-state index in [0.717, 1.165) is 37.2 Å². The van der Waals surface area contributed by atoms with Gasteiger partial charge in [0.05, 0.1) is 18.8 Å². The molecule has 0 unspecified atom stereocenters. The van der Waals surface area contributed by atoms with E-state index in [2.05, 4.69) is 20.5 Å². The predicted molar refractivity (Wildman–Crippen MR) is 106 cm³/mol. The minimum absolute atomic E-state index is 0.0756. The van der Waals surface area contributed by atoms with E-state index >= 15 is 0 Å². The van der Waals surface area contributed by atoms with Gasteiger partial charge in [-0.1, -0.05) is 12.1 Å². The first kappa shape index (κ1) is 18.4. The predicted octanol–water partition coefficient (Wildman–Crippen LogP) is 2.20. The van der Waals surface area contributed by atoms with Gasteiger partial charge in [-0.05, 0) is 42.7 Å². The number of ether oxygens (including phenoxy) is 1. The molecule has 7 heteroatoms. The molecule has 1 aliphatic heterocycles. The third-order valence-electron chi connectivity index (χ3n) is 4.94. The number of morpholine rings is 1. The monoisotopic (exact) mass is 380 g/mol. The van der Waals surface area contributed by atoms with Gasteiger partial charge in [0.1, 0.15) is 5.82 Å². The molecule has 1 saturated heterocycles. The quantitative estimate of drug-likeness (QED) is 0.803. The van der Waals surface area contributed by atoms with Gasteiger partial charge in [0.2, 0.25) is 5.91 Å². The number of hydrogen-bond donors (Lipinski definition) is 2. The smallest absolute Gasteiger partial charge is 0.255 e. The van der Waals surface area contributed by atoms with Gasteiger partial charge in [-0.25, -0.2) is 4.98 Å². The minimum Gasteiger partial charge on any atom is -0.378 e. The third-order valence-corrected chi connectivity index (χ3v) is 4.94. The number of anilines is 2. The lowest BCUT2D eigenvalue weighted by molar-refractivity contribution is -0.117. The van der Waals surface area contributed by atoms with Crippen LogP contribution in [0.2, 0.25) is 0 Å². The van der Waals surface area contributed by atoms with Gasteiger partial charge in [-0.15, -0.1) is 0 Å². The van der Waals surface area contributed by atoms with Crippen molar-refractivity contribution in [2.24, 2.45) is 5.92 Å². The summed E-state index contributed by atoms with van der Waals surface area (Å²) >= 11 is 0. The van der Waals surface area contributed by atoms with Crippen molar-refractivity contribution in [1.82, 2.24) is 10.3 Å². The van der Waals surface area contributed by atoms with Crippen LogP contribution in [0, 0.1) is 5.92 Å². The molecule has 1 aromatic carbocycles. The van der Waals surface area contributed by atoms with Crippen LogP contribution in [0.5, 0.6) is 0 Å². The van der Waals surface area contributed by atoms with Crippen molar-refractivity contribution >= 4 is 23.3 Å². The van der Waals surface area contributed by atoms with Crippen molar-refractivity contribution < 1.29 is 14.3 Å². The second kappa shape index (κ2) is 8.39. The Morgan fingerprint density at radius 3 is 2.75 bits per heavy atom. The summed E-state index contributed by atoms with van der Waals surface area (Å²) in [6.45, 7) is 3.09. The first-order chi connectivity index (χ1) is 13.7. The number of amides is 2. The van der Waals surface area contributed by atoms with Crippen LogP contribution in [0.25, 0.3) is 0 Å². The number of hydrogen-bond acceptors (Lipinski definition) is 5. The van der Waals surface area contributed by atoms with Gasteiger partial charge >= 0.3 is 0 Å². The summed E-state index contributed by atoms with van der Waals surface area (Å²) in [6, 6.07) is 11.1. The maximum absolute atomic E-state index is 12.8. The van der Waals surface area contributed by atoms with Crippen molar-refractivity contribution in [3.05, 3.63) is 53.7 Å². The Morgan fingerprint density at radius 2 is 1.96 bits per heavy atom. The minimum atomic E-state index is -0.165. The number of benzene rings is 1. The largest absolute Gasteiger partial charge is 0.378 e. The fourth-order valence-corrected chi connectivity index (χ4v) is 3.23. The maximum Gasteiger partial charge on any atom is 0.255 e. The molecule has 2 N–H and O–H groups in total. The number of nitrogens with zero attached hydrogens (tertiary/aromatic N) is 2. The molecular formula is C21H24N4O3. The van der Waals surface area contributed by atoms with E-state index in [4.69, 9.17) is 4.74 Å². The molecule has 2 heterocycles. The molecule has 1 aromatic heterocycles. The first-order valence-electron chi connectivity index (χ1n) is 9.66. The lowest BCUT2D eigenvalue weighted by Crippen LogP contribution is -2.38. The van der Waals surface area contributed by atoms with E-state index in [-0.39, 0.29) is 17.7 Å². The SMILES string of the molecule is O=C(NCc1cccc(NC(=O)C2CC2)c1)c1cccnc1N1CCOCC1. The van der Waals surface area contributed by atoms with Gasteiger partial charge in [0.25, 0.3) is 5.91 Å². The Balaban J connectivity index is 1.40. The summed E-state index contributed by atoms with van der Waals surface area (Å²) in [5.41, 5.74) is 2.25. The van der Waals surface area contributed by atoms with Gasteiger partial charge in [-0.3, -0.25) is 9.59 Å². The lowest BCUT2D eigenvalue weighted by Gasteiger charge is -2.29. The van der Waals surface area contributed by atoms with Crippen molar-refractivity contribution in [2.75, 3.05) is 36.5 Å². The Kier molecular flexibility index (Phi) is 5.53. The van der Waals surface area contributed by atoms with Crippen LogP contribution in [0.1, 0.15) is 28.8 Å². The average Bonchev–Trinajstić information content (AvgIpc) is 3.58. The van der Waals surface area contributed by atoms with Crippen LogP contribution in [-0.4, -0.2) is 43.1 Å². The summed E-state index contributed by atoms with van der Waals surface area (Å²) in [5.74, 6) is 0.759. The molecule has 2 aliphatic rings. The molecule has 1 saturated carbocycles. The number of rotatable bonds is 6. The van der Waals surface area contributed by atoms with Gasteiger partial charge in [0.15, 0.2) is 0 Å². The number of aromatic nitrogens is 1. The van der Waals surface area contributed by atoms with Crippen LogP contribution in [0.15, 0.2) is 42.6 Å². The number of carbonyl (C=O) groups is 2. The van der Waals surface area contributed by atoms with Crippen molar-refractivity contribution in [3.63, 3.8) is 0 Å². The van der Waals surface area contributed by atoms with E-state index in [1.807, 2.05) is 24.3 Å². The molecule has 0 bridgehead atoms. The highest BCUT2D eigenvalue weighted by atomic mass is 16.5. The first-order valence-corrected chi connectivity index (χ1v) is 9.66. The van der Waals surface area contributed by atoms with Crippen molar-refractivity contribution in [2.45, 2.75) is 19.4 Å². The lowest BCUT2D eigenvalue weighted by atomic mass is 10.1. The fourth-order valence-electron chi connectivity index (χ4n) is 3.23. The number of carbonyl (C=O) groups excluding carboxylic acids is 2. The van der Waals surface area contributed by atoms with Gasteiger partial charge in [-0.2, -0.15) is 0 Å². The molecule has 1 aliphatic carbocycles. The molecule has 4 rings (SSSR count). The van der Waals surface area contributed by atoms with E-state index in [9.17, 15) is 9.59 Å². The zero-order chi connectivity index (χ0) is 19.3. The van der Waals surface area contributed by atoms with Crippen LogP contribution in [0.4, 0.5) is 11.5 Å². The number of nitrogens with one attached hydrogen (secondary N) is 2. The van der Waals surface area contributed by atoms with E-state index < -0.39 is 0 Å². The molecule has 0 radical (unpaired) electrons. The van der Waals surface area contributed by atoms with E-state index in [1.54, 1.807) is 18.3 Å². The van der Waals surface area contributed by atoms with Crippen LogP contribution in [0.3, 0.4) is 0 Å². The summed E-state index contributed by atoms with van der Waals surface area (Å²) in [6.07, 6.45) is 3.64. The molecule has 0 spiro atoms. The molecule has 0 atom stereocenters. The van der Waals surface area contributed by atoms with Crippen LogP contribution in [-0.2, 0) is 16.1 Å². The standard InChI is InChI=1S/C21H24N4O3/c26-20(16-6-7-16)24-17-4-1-3-15(13-17)14-23-21(27)18-5-2-8-22-19(18)25-9-11-28-12-10-25/h1-5,8,13,16H,6-7,9-12,14H2,(H,23,27)(H,24,26).